The van der Waals surface area contributed by atoms with Gasteiger partial charge in [-0.2, -0.15) is 0 Å². The maximum Gasteiger partial charge on any atom is 0.330 e. The highest BCUT2D eigenvalue weighted by atomic mass is 16.4. The Morgan fingerprint density at radius 2 is 2.20 bits per heavy atom. The number of rotatable bonds is 3. The summed E-state index contributed by atoms with van der Waals surface area (Å²) in [6, 6.07) is 0. The molecule has 1 radical (unpaired) electrons. The van der Waals surface area contributed by atoms with Gasteiger partial charge in [-0.1, -0.05) is 25.7 Å². The van der Waals surface area contributed by atoms with E-state index in [2.05, 4.69) is 0 Å². The van der Waals surface area contributed by atoms with Crippen molar-refractivity contribution in [3.8, 4) is 0 Å². The van der Waals surface area contributed by atoms with Crippen molar-refractivity contribution in [2.75, 3.05) is 0 Å². The molecule has 1 unspecified atom stereocenters. The molecule has 0 aromatic rings. The van der Waals surface area contributed by atoms with Crippen LogP contribution in [0.15, 0.2) is 17.7 Å². The van der Waals surface area contributed by atoms with Crippen molar-refractivity contribution in [2.24, 2.45) is 5.92 Å². The quantitative estimate of drug-likeness (QED) is 0.603. The van der Waals surface area contributed by atoms with E-state index >= 15 is 0 Å². The maximum absolute atomic E-state index is 10.2. The molecule has 0 rings (SSSR count). The molecule has 0 amide bonds. The Hall–Kier alpha value is -1.05. The van der Waals surface area contributed by atoms with Crippen molar-refractivity contribution in [3.63, 3.8) is 0 Å². The third kappa shape index (κ3) is 3.07. The number of aliphatic carboxylic acids is 1. The molecule has 0 saturated carbocycles. The summed E-state index contributed by atoms with van der Waals surface area (Å²) in [6.07, 6.45) is 3.05. The molecular formula is C8H11O2. The highest BCUT2D eigenvalue weighted by Crippen LogP contribution is 2.02. The normalized spacial score (nSPS) is 14.4. The van der Waals surface area contributed by atoms with Crippen molar-refractivity contribution in [1.82, 2.24) is 0 Å². The van der Waals surface area contributed by atoms with Gasteiger partial charge in [0.1, 0.15) is 0 Å². The average Bonchev–Trinajstić information content (AvgIpc) is 1.87. The van der Waals surface area contributed by atoms with Crippen LogP contribution in [0.1, 0.15) is 13.8 Å². The monoisotopic (exact) mass is 139 g/mol. The third-order valence-electron chi connectivity index (χ3n) is 1.15. The van der Waals surface area contributed by atoms with E-state index in [4.69, 9.17) is 11.7 Å². The summed E-state index contributed by atoms with van der Waals surface area (Å²) in [5.41, 5.74) is 0.328. The Balaban J connectivity index is 4.15. The van der Waals surface area contributed by atoms with E-state index in [9.17, 15) is 4.79 Å². The van der Waals surface area contributed by atoms with Gasteiger partial charge in [-0.15, -0.1) is 0 Å². The van der Waals surface area contributed by atoms with Crippen LogP contribution < -0.4 is 0 Å². The number of carboxylic acids is 1. The summed E-state index contributed by atoms with van der Waals surface area (Å²) in [6.45, 7) is 8.53. The largest absolute Gasteiger partial charge is 0.478 e. The van der Waals surface area contributed by atoms with Crippen LogP contribution in [0.25, 0.3) is 0 Å². The molecule has 0 aliphatic rings. The van der Waals surface area contributed by atoms with Gasteiger partial charge < -0.3 is 5.11 Å². The second-order valence-electron chi connectivity index (χ2n) is 2.21. The molecule has 0 aromatic heterocycles. The molecular weight excluding hydrogens is 128 g/mol. The molecule has 55 valence electrons. The average molecular weight is 139 g/mol. The van der Waals surface area contributed by atoms with Crippen LogP contribution in [-0.2, 0) is 4.79 Å². The first-order valence-electron chi connectivity index (χ1n) is 3.04. The van der Waals surface area contributed by atoms with Crippen molar-refractivity contribution < 1.29 is 9.90 Å². The van der Waals surface area contributed by atoms with E-state index < -0.39 is 5.97 Å². The third-order valence-corrected chi connectivity index (χ3v) is 1.15. The lowest BCUT2D eigenvalue weighted by molar-refractivity contribution is -0.132. The van der Waals surface area contributed by atoms with E-state index in [-0.39, 0.29) is 5.92 Å². The van der Waals surface area contributed by atoms with Gasteiger partial charge in [0.15, 0.2) is 0 Å². The molecule has 0 aliphatic carbocycles. The first kappa shape index (κ1) is 8.95. The lowest BCUT2D eigenvalue weighted by Crippen LogP contribution is -1.97. The fraction of sp³-hybridized carbons (Fsp3) is 0.375. The summed E-state index contributed by atoms with van der Waals surface area (Å²) >= 11 is 0. The molecule has 2 nitrogen and oxygen atoms in total. The Labute approximate surface area is 60.9 Å². The smallest absolute Gasteiger partial charge is 0.330 e. The van der Waals surface area contributed by atoms with Crippen molar-refractivity contribution in [3.05, 3.63) is 24.3 Å². The molecule has 0 bridgehead atoms. The summed E-state index contributed by atoms with van der Waals surface area (Å²) in [7, 11) is 0. The van der Waals surface area contributed by atoms with Gasteiger partial charge in [0.25, 0.3) is 0 Å². The maximum atomic E-state index is 10.2. The van der Waals surface area contributed by atoms with Gasteiger partial charge in [0.2, 0.25) is 0 Å². The van der Waals surface area contributed by atoms with Gasteiger partial charge >= 0.3 is 5.97 Å². The number of hydrogen-bond acceptors (Lipinski definition) is 1. The second kappa shape index (κ2) is 3.88. The molecule has 10 heavy (non-hydrogen) atoms. The van der Waals surface area contributed by atoms with E-state index in [1.807, 2.05) is 6.92 Å². The zero-order valence-corrected chi connectivity index (χ0v) is 6.16. The molecule has 0 aromatic carbocycles. The van der Waals surface area contributed by atoms with Gasteiger partial charge in [0, 0.05) is 5.57 Å². The molecule has 0 saturated heterocycles. The Morgan fingerprint density at radius 3 is 2.50 bits per heavy atom. The first-order chi connectivity index (χ1) is 4.57. The first-order valence-corrected chi connectivity index (χ1v) is 3.04. The minimum atomic E-state index is -0.895. The predicted octanol–water partition coefficient (Wildman–Crippen LogP) is 1.64. The number of carbonyl (C=O) groups is 1. The SMILES string of the molecule is [CH]=CC(C)C=C(C)C(=O)O. The van der Waals surface area contributed by atoms with Crippen LogP contribution in [0.2, 0.25) is 0 Å². The van der Waals surface area contributed by atoms with Gasteiger partial charge in [-0.05, 0) is 12.8 Å². The van der Waals surface area contributed by atoms with Crippen LogP contribution >= 0.6 is 0 Å². The highest BCUT2D eigenvalue weighted by molar-refractivity contribution is 5.85. The molecule has 2 heteroatoms. The standard InChI is InChI=1S/C8H11O2/c1-4-6(2)5-7(3)8(9)10/h1,4-6H,2-3H3,(H,9,10). The molecule has 0 aliphatic heterocycles. The molecule has 1 atom stereocenters. The van der Waals surface area contributed by atoms with Crippen molar-refractivity contribution >= 4 is 5.97 Å². The van der Waals surface area contributed by atoms with E-state index in [0.717, 1.165) is 0 Å². The zero-order valence-electron chi connectivity index (χ0n) is 6.16. The number of hydrogen-bond donors (Lipinski definition) is 1. The van der Waals surface area contributed by atoms with Crippen LogP contribution in [-0.4, -0.2) is 11.1 Å². The van der Waals surface area contributed by atoms with Gasteiger partial charge in [0.05, 0.1) is 0 Å². The van der Waals surface area contributed by atoms with Crippen molar-refractivity contribution in [2.45, 2.75) is 13.8 Å². The second-order valence-corrected chi connectivity index (χ2v) is 2.21. The van der Waals surface area contributed by atoms with Crippen LogP contribution in [0.4, 0.5) is 0 Å². The lowest BCUT2D eigenvalue weighted by Gasteiger charge is -1.97. The fourth-order valence-corrected chi connectivity index (χ4v) is 0.521. The minimum Gasteiger partial charge on any atom is -0.478 e. The lowest BCUT2D eigenvalue weighted by atomic mass is 10.1. The Kier molecular flexibility index (Phi) is 3.47. The Morgan fingerprint density at radius 1 is 1.70 bits per heavy atom. The van der Waals surface area contributed by atoms with Crippen molar-refractivity contribution in [1.29, 1.82) is 0 Å². The molecule has 0 spiro atoms. The number of carboxylic acid groups (broad SMARTS) is 1. The molecule has 0 fully saturated rings. The van der Waals surface area contributed by atoms with E-state index in [1.165, 1.54) is 6.08 Å². The summed E-state index contributed by atoms with van der Waals surface area (Å²) < 4.78 is 0. The topological polar surface area (TPSA) is 37.3 Å². The van der Waals surface area contributed by atoms with Crippen LogP contribution in [0.3, 0.4) is 0 Å². The summed E-state index contributed by atoms with van der Waals surface area (Å²) in [5.74, 6) is -0.871. The Bertz CT molecular complexity index is 168. The predicted molar refractivity (Wildman–Crippen MR) is 39.4 cm³/mol. The zero-order chi connectivity index (χ0) is 8.15. The molecule has 0 heterocycles. The fourth-order valence-electron chi connectivity index (χ4n) is 0.521. The van der Waals surface area contributed by atoms with E-state index in [1.54, 1.807) is 13.0 Å². The summed E-state index contributed by atoms with van der Waals surface area (Å²) in [4.78, 5) is 10.2. The highest BCUT2D eigenvalue weighted by Gasteiger charge is 1.99. The van der Waals surface area contributed by atoms with Crippen LogP contribution in [0, 0.1) is 12.5 Å². The van der Waals surface area contributed by atoms with Gasteiger partial charge in [-0.25, -0.2) is 4.79 Å². The molecule has 1 N–H and O–H groups in total. The minimum absolute atomic E-state index is 0.0242. The summed E-state index contributed by atoms with van der Waals surface area (Å²) in [5, 5.41) is 8.40. The number of allylic oxidation sites excluding steroid dienone is 2. The van der Waals surface area contributed by atoms with Crippen LogP contribution in [0.5, 0.6) is 0 Å². The van der Waals surface area contributed by atoms with Gasteiger partial charge in [-0.3, -0.25) is 0 Å². The van der Waals surface area contributed by atoms with E-state index in [0.29, 0.717) is 5.57 Å².